The average molecular weight is 258 g/mol. The van der Waals surface area contributed by atoms with E-state index in [2.05, 4.69) is 5.10 Å². The van der Waals surface area contributed by atoms with Gasteiger partial charge in [-0.1, -0.05) is 0 Å². The molecule has 0 saturated carbocycles. The van der Waals surface area contributed by atoms with Crippen molar-refractivity contribution in [1.29, 1.82) is 0 Å². The van der Waals surface area contributed by atoms with Crippen molar-refractivity contribution in [2.75, 3.05) is 0 Å². The molecule has 0 amide bonds. The van der Waals surface area contributed by atoms with E-state index in [1.807, 2.05) is 0 Å². The molecule has 0 radical (unpaired) electrons. The molecule has 1 heterocycles. The molecule has 96 valence electrons. The highest BCUT2D eigenvalue weighted by Gasteiger charge is 2.46. The minimum Gasteiger partial charge on any atom is -0.481 e. The van der Waals surface area contributed by atoms with Crippen LogP contribution in [0.5, 0.6) is 0 Å². The molecule has 4 nitrogen and oxygen atoms in total. The summed E-state index contributed by atoms with van der Waals surface area (Å²) in [6.07, 6.45) is -6.31. The molecule has 1 aromatic heterocycles. The Morgan fingerprint density at radius 1 is 1.41 bits per heavy atom. The number of carbonyl (C=O) groups is 1. The van der Waals surface area contributed by atoms with Gasteiger partial charge >= 0.3 is 12.1 Å². The Balaban J connectivity index is 3.26. The number of aromatic nitrogens is 2. The van der Waals surface area contributed by atoms with Crippen LogP contribution in [-0.4, -0.2) is 20.9 Å². The fraction of sp³-hybridized carbons (Fsp3) is 0.500. The molecule has 9 heteroatoms. The largest absolute Gasteiger partial charge is 0.481 e. The monoisotopic (exact) mass is 258 g/mol. The molecule has 17 heavy (non-hydrogen) atoms. The van der Waals surface area contributed by atoms with Crippen molar-refractivity contribution in [1.82, 2.24) is 9.78 Å². The SMILES string of the molecule is Cn1cc(C(F)(F)CC(=O)O)c(C(F)(F)F)n1. The second kappa shape index (κ2) is 3.97. The van der Waals surface area contributed by atoms with Gasteiger partial charge in [-0.2, -0.15) is 18.3 Å². The number of halogens is 5. The summed E-state index contributed by atoms with van der Waals surface area (Å²) >= 11 is 0. The molecular weight excluding hydrogens is 251 g/mol. The molecule has 0 bridgehead atoms. The quantitative estimate of drug-likeness (QED) is 0.844. The Morgan fingerprint density at radius 2 is 1.94 bits per heavy atom. The van der Waals surface area contributed by atoms with Crippen molar-refractivity contribution in [3.8, 4) is 0 Å². The molecule has 1 aromatic rings. The number of aryl methyl sites for hydroxylation is 1. The Labute approximate surface area is 91.6 Å². The zero-order valence-corrected chi connectivity index (χ0v) is 8.42. The van der Waals surface area contributed by atoms with Gasteiger partial charge < -0.3 is 5.11 Å². The second-order valence-corrected chi connectivity index (χ2v) is 3.34. The number of carboxylic acids is 1. The van der Waals surface area contributed by atoms with E-state index >= 15 is 0 Å². The van der Waals surface area contributed by atoms with Crippen LogP contribution >= 0.6 is 0 Å². The normalized spacial score (nSPS) is 12.8. The Bertz CT molecular complexity index is 438. The highest BCUT2D eigenvalue weighted by atomic mass is 19.4. The van der Waals surface area contributed by atoms with Crippen LogP contribution in [0.4, 0.5) is 22.0 Å². The topological polar surface area (TPSA) is 55.1 Å². The van der Waals surface area contributed by atoms with Crippen molar-refractivity contribution >= 4 is 5.97 Å². The summed E-state index contributed by atoms with van der Waals surface area (Å²) in [7, 11) is 1.04. The van der Waals surface area contributed by atoms with Gasteiger partial charge in [0.25, 0.3) is 5.92 Å². The standard InChI is InChI=1S/C8H7F5N2O2/c1-15-3-4(6(14-15)8(11,12)13)7(9,10)2-5(16)17/h3H,2H2,1H3,(H,16,17). The first kappa shape index (κ1) is 13.4. The van der Waals surface area contributed by atoms with Gasteiger partial charge in [-0.05, 0) is 0 Å². The first-order valence-corrected chi connectivity index (χ1v) is 4.25. The maximum absolute atomic E-state index is 13.3. The summed E-state index contributed by atoms with van der Waals surface area (Å²) in [6.45, 7) is 0. The Kier molecular flexibility index (Phi) is 3.13. The lowest BCUT2D eigenvalue weighted by atomic mass is 10.1. The van der Waals surface area contributed by atoms with Crippen LogP contribution in [0, 0.1) is 0 Å². The smallest absolute Gasteiger partial charge is 0.435 e. The van der Waals surface area contributed by atoms with E-state index in [0.29, 0.717) is 10.9 Å². The first-order chi connectivity index (χ1) is 7.54. The second-order valence-electron chi connectivity index (χ2n) is 3.34. The van der Waals surface area contributed by atoms with Crippen LogP contribution in [0.1, 0.15) is 17.7 Å². The minimum atomic E-state index is -5.06. The highest BCUT2D eigenvalue weighted by Crippen LogP contribution is 2.40. The molecule has 0 aliphatic heterocycles. The maximum Gasteiger partial charge on any atom is 0.435 e. The van der Waals surface area contributed by atoms with Gasteiger partial charge in [0.15, 0.2) is 5.69 Å². The van der Waals surface area contributed by atoms with E-state index in [-0.39, 0.29) is 0 Å². The van der Waals surface area contributed by atoms with Crippen molar-refractivity contribution in [2.24, 2.45) is 7.05 Å². The molecule has 0 aliphatic rings. The lowest BCUT2D eigenvalue weighted by molar-refractivity contribution is -0.152. The molecular formula is C8H7F5N2O2. The van der Waals surface area contributed by atoms with Gasteiger partial charge in [-0.15, -0.1) is 0 Å². The lowest BCUT2D eigenvalue weighted by Crippen LogP contribution is -2.22. The number of rotatable bonds is 3. The molecule has 0 fully saturated rings. The van der Waals surface area contributed by atoms with Crippen LogP contribution in [0.25, 0.3) is 0 Å². The molecule has 0 unspecified atom stereocenters. The number of aliphatic carboxylic acids is 1. The first-order valence-electron chi connectivity index (χ1n) is 4.25. The molecule has 0 aliphatic carbocycles. The molecule has 0 aromatic carbocycles. The van der Waals surface area contributed by atoms with Gasteiger partial charge in [0.05, 0.1) is 5.56 Å². The van der Waals surface area contributed by atoms with E-state index in [1.165, 1.54) is 0 Å². The number of hydrogen-bond donors (Lipinski definition) is 1. The van der Waals surface area contributed by atoms with Gasteiger partial charge in [0, 0.05) is 13.2 Å². The molecule has 1 N–H and O–H groups in total. The lowest BCUT2D eigenvalue weighted by Gasteiger charge is -2.14. The summed E-state index contributed by atoms with van der Waals surface area (Å²) in [5, 5.41) is 11.1. The van der Waals surface area contributed by atoms with Crippen LogP contribution in [-0.2, 0) is 23.9 Å². The maximum atomic E-state index is 13.3. The van der Waals surface area contributed by atoms with Crippen molar-refractivity contribution in [3.63, 3.8) is 0 Å². The van der Waals surface area contributed by atoms with Crippen molar-refractivity contribution in [3.05, 3.63) is 17.5 Å². The molecule has 0 saturated heterocycles. The molecule has 1 rings (SSSR count). The van der Waals surface area contributed by atoms with E-state index < -0.39 is 35.7 Å². The highest BCUT2D eigenvalue weighted by molar-refractivity contribution is 5.68. The van der Waals surface area contributed by atoms with E-state index in [4.69, 9.17) is 5.11 Å². The molecule has 0 spiro atoms. The van der Waals surface area contributed by atoms with E-state index in [0.717, 1.165) is 7.05 Å². The average Bonchev–Trinajstić information content (AvgIpc) is 2.44. The van der Waals surface area contributed by atoms with Crippen molar-refractivity contribution in [2.45, 2.75) is 18.5 Å². The fourth-order valence-electron chi connectivity index (χ4n) is 1.25. The number of hydrogen-bond acceptors (Lipinski definition) is 2. The van der Waals surface area contributed by atoms with Gasteiger partial charge in [-0.25, -0.2) is 8.78 Å². The third kappa shape index (κ3) is 2.92. The minimum absolute atomic E-state index is 0.464. The zero-order valence-electron chi connectivity index (χ0n) is 8.42. The summed E-state index contributed by atoms with van der Waals surface area (Å²) in [5.41, 5.74) is -3.21. The summed E-state index contributed by atoms with van der Waals surface area (Å²) in [4.78, 5) is 10.2. The Morgan fingerprint density at radius 3 is 2.35 bits per heavy atom. The van der Waals surface area contributed by atoms with Crippen molar-refractivity contribution < 1.29 is 31.9 Å². The molecule has 0 atom stereocenters. The van der Waals surface area contributed by atoms with Crippen LogP contribution < -0.4 is 0 Å². The van der Waals surface area contributed by atoms with Gasteiger partial charge in [0.2, 0.25) is 0 Å². The van der Waals surface area contributed by atoms with Gasteiger partial charge in [0.1, 0.15) is 6.42 Å². The predicted octanol–water partition coefficient (Wildman–Crippen LogP) is 2.01. The van der Waals surface area contributed by atoms with E-state index in [1.54, 1.807) is 0 Å². The van der Waals surface area contributed by atoms with Crippen LogP contribution in [0.3, 0.4) is 0 Å². The number of alkyl halides is 5. The summed E-state index contributed by atoms with van der Waals surface area (Å²) in [6, 6.07) is 0. The van der Waals surface area contributed by atoms with E-state index in [9.17, 15) is 26.7 Å². The van der Waals surface area contributed by atoms with Crippen LogP contribution in [0.15, 0.2) is 6.20 Å². The zero-order chi connectivity index (χ0) is 13.4. The van der Waals surface area contributed by atoms with Gasteiger partial charge in [-0.3, -0.25) is 9.48 Å². The third-order valence-corrected chi connectivity index (χ3v) is 1.86. The van der Waals surface area contributed by atoms with Crippen LogP contribution in [0.2, 0.25) is 0 Å². The number of carboxylic acid groups (broad SMARTS) is 1. The predicted molar refractivity (Wildman–Crippen MR) is 44.4 cm³/mol. The summed E-state index contributed by atoms with van der Waals surface area (Å²) in [5.74, 6) is -6.02. The fourth-order valence-corrected chi connectivity index (χ4v) is 1.25. The Hall–Kier alpha value is -1.67. The third-order valence-electron chi connectivity index (χ3n) is 1.86. The summed E-state index contributed by atoms with van der Waals surface area (Å²) < 4.78 is 64.2. The number of nitrogens with zero attached hydrogens (tertiary/aromatic N) is 2.